The van der Waals surface area contributed by atoms with Crippen LogP contribution in [0.4, 0.5) is 0 Å². The molecule has 28 heavy (non-hydrogen) atoms. The fraction of sp³-hybridized carbons (Fsp3) is 0.391. The minimum absolute atomic E-state index is 0.0758. The van der Waals surface area contributed by atoms with Crippen LogP contribution in [0.3, 0.4) is 0 Å². The van der Waals surface area contributed by atoms with E-state index in [9.17, 15) is 4.79 Å². The summed E-state index contributed by atoms with van der Waals surface area (Å²) >= 11 is 0. The van der Waals surface area contributed by atoms with Crippen molar-refractivity contribution in [3.63, 3.8) is 0 Å². The topological polar surface area (TPSA) is 58.2 Å². The van der Waals surface area contributed by atoms with Gasteiger partial charge in [-0.3, -0.25) is 9.69 Å². The van der Waals surface area contributed by atoms with Crippen molar-refractivity contribution in [3.8, 4) is 0 Å². The summed E-state index contributed by atoms with van der Waals surface area (Å²) in [6.07, 6.45) is 2.55. The van der Waals surface area contributed by atoms with Crippen LogP contribution in [0.2, 0.25) is 0 Å². The van der Waals surface area contributed by atoms with E-state index in [4.69, 9.17) is 9.72 Å². The molecule has 2 heterocycles. The van der Waals surface area contributed by atoms with Gasteiger partial charge in [0.15, 0.2) is 0 Å². The summed E-state index contributed by atoms with van der Waals surface area (Å²) in [5.41, 5.74) is 2.72. The van der Waals surface area contributed by atoms with Crippen LogP contribution in [-0.2, 0) is 22.5 Å². The van der Waals surface area contributed by atoms with Gasteiger partial charge in [0.1, 0.15) is 5.82 Å². The Bertz CT molecular complexity index is 904. The predicted molar refractivity (Wildman–Crippen MR) is 110 cm³/mol. The number of hydrogen-bond donors (Lipinski definition) is 1. The molecule has 146 valence electrons. The number of H-pyrrole nitrogens is 1. The van der Waals surface area contributed by atoms with Gasteiger partial charge in [-0.05, 0) is 50.4 Å². The second-order valence-corrected chi connectivity index (χ2v) is 7.68. The molecule has 0 spiro atoms. The fourth-order valence-electron chi connectivity index (χ4n) is 4.31. The maximum Gasteiger partial charge on any atom is 0.313 e. The highest BCUT2D eigenvalue weighted by Crippen LogP contribution is 2.36. The van der Waals surface area contributed by atoms with Gasteiger partial charge in [0.2, 0.25) is 0 Å². The summed E-state index contributed by atoms with van der Waals surface area (Å²) in [4.78, 5) is 23.4. The SMILES string of the molecule is CCOC(=O)C1(Cc2ccccc2)CCCN(Cc2nc3ccccc3[nH]2)C1. The quantitative estimate of drug-likeness (QED) is 0.661. The van der Waals surface area contributed by atoms with Gasteiger partial charge in [-0.15, -0.1) is 0 Å². The first-order valence-corrected chi connectivity index (χ1v) is 10.1. The van der Waals surface area contributed by atoms with Crippen LogP contribution in [0.1, 0.15) is 31.2 Å². The second-order valence-electron chi connectivity index (χ2n) is 7.68. The molecule has 0 amide bonds. The Morgan fingerprint density at radius 2 is 1.96 bits per heavy atom. The van der Waals surface area contributed by atoms with Crippen molar-refractivity contribution in [2.45, 2.75) is 32.7 Å². The standard InChI is InChI=1S/C23H27N3O2/c1-2-28-22(27)23(15-18-9-4-3-5-10-18)13-8-14-26(17-23)16-21-24-19-11-6-7-12-20(19)25-21/h3-7,9-12H,2,8,13-17H2,1H3,(H,24,25). The molecule has 2 aromatic carbocycles. The maximum absolute atomic E-state index is 13.0. The van der Waals surface area contributed by atoms with Crippen LogP contribution in [0.25, 0.3) is 11.0 Å². The van der Waals surface area contributed by atoms with E-state index in [-0.39, 0.29) is 5.97 Å². The molecule has 0 aliphatic carbocycles. The van der Waals surface area contributed by atoms with E-state index in [1.807, 2.05) is 49.4 Å². The number of carbonyl (C=O) groups is 1. The first-order valence-electron chi connectivity index (χ1n) is 10.1. The van der Waals surface area contributed by atoms with Crippen LogP contribution < -0.4 is 0 Å². The van der Waals surface area contributed by atoms with Crippen molar-refractivity contribution in [3.05, 3.63) is 66.0 Å². The Morgan fingerprint density at radius 1 is 1.18 bits per heavy atom. The van der Waals surface area contributed by atoms with Gasteiger partial charge in [-0.25, -0.2) is 4.98 Å². The van der Waals surface area contributed by atoms with Gasteiger partial charge in [0.25, 0.3) is 0 Å². The first-order chi connectivity index (χ1) is 13.7. The number of piperidine rings is 1. The summed E-state index contributed by atoms with van der Waals surface area (Å²) in [6, 6.07) is 18.3. The minimum atomic E-state index is -0.498. The Labute approximate surface area is 165 Å². The molecular formula is C23H27N3O2. The number of rotatable bonds is 6. The average molecular weight is 377 g/mol. The lowest BCUT2D eigenvalue weighted by molar-refractivity contribution is -0.159. The van der Waals surface area contributed by atoms with Crippen molar-refractivity contribution in [2.75, 3.05) is 19.7 Å². The zero-order valence-electron chi connectivity index (χ0n) is 16.4. The normalized spacial score (nSPS) is 20.3. The fourth-order valence-corrected chi connectivity index (χ4v) is 4.31. The number of nitrogens with one attached hydrogen (secondary N) is 1. The van der Waals surface area contributed by atoms with E-state index in [0.29, 0.717) is 26.1 Å². The van der Waals surface area contributed by atoms with Crippen molar-refractivity contribution < 1.29 is 9.53 Å². The molecule has 5 nitrogen and oxygen atoms in total. The van der Waals surface area contributed by atoms with E-state index in [1.54, 1.807) is 0 Å². The molecule has 1 atom stereocenters. The van der Waals surface area contributed by atoms with Gasteiger partial charge in [-0.2, -0.15) is 0 Å². The molecule has 0 radical (unpaired) electrons. The summed E-state index contributed by atoms with van der Waals surface area (Å²) in [7, 11) is 0. The van der Waals surface area contributed by atoms with E-state index < -0.39 is 5.41 Å². The highest BCUT2D eigenvalue weighted by Gasteiger charge is 2.43. The number of para-hydroxylation sites is 2. The highest BCUT2D eigenvalue weighted by atomic mass is 16.5. The number of likely N-dealkylation sites (tertiary alicyclic amines) is 1. The molecule has 3 aromatic rings. The molecule has 1 saturated heterocycles. The number of hydrogen-bond acceptors (Lipinski definition) is 4. The molecule has 1 unspecified atom stereocenters. The zero-order valence-corrected chi connectivity index (χ0v) is 16.4. The third-order valence-corrected chi connectivity index (χ3v) is 5.56. The van der Waals surface area contributed by atoms with Crippen LogP contribution in [-0.4, -0.2) is 40.5 Å². The summed E-state index contributed by atoms with van der Waals surface area (Å²) < 4.78 is 5.51. The lowest BCUT2D eigenvalue weighted by atomic mass is 9.75. The lowest BCUT2D eigenvalue weighted by Crippen LogP contribution is -2.49. The van der Waals surface area contributed by atoms with E-state index in [1.165, 1.54) is 5.56 Å². The molecule has 1 aliphatic heterocycles. The summed E-state index contributed by atoms with van der Waals surface area (Å²) in [5.74, 6) is 0.869. The number of fused-ring (bicyclic) bond motifs is 1. The van der Waals surface area contributed by atoms with Gasteiger partial charge < -0.3 is 9.72 Å². The third kappa shape index (κ3) is 3.94. The number of benzene rings is 2. The number of aromatic amines is 1. The number of carbonyl (C=O) groups excluding carboxylic acids is 1. The molecule has 1 N–H and O–H groups in total. The van der Waals surface area contributed by atoms with Crippen molar-refractivity contribution >= 4 is 17.0 Å². The molecule has 1 aromatic heterocycles. The zero-order chi connectivity index (χ0) is 19.4. The van der Waals surface area contributed by atoms with E-state index >= 15 is 0 Å². The van der Waals surface area contributed by atoms with Crippen molar-refractivity contribution in [1.29, 1.82) is 0 Å². The Hall–Kier alpha value is -2.66. The van der Waals surface area contributed by atoms with Gasteiger partial charge in [-0.1, -0.05) is 42.5 Å². The Kier molecular flexibility index (Phi) is 5.44. The van der Waals surface area contributed by atoms with E-state index in [0.717, 1.165) is 36.2 Å². The molecule has 0 saturated carbocycles. The van der Waals surface area contributed by atoms with Crippen LogP contribution >= 0.6 is 0 Å². The molecular weight excluding hydrogens is 350 g/mol. The monoisotopic (exact) mass is 377 g/mol. The van der Waals surface area contributed by atoms with Crippen molar-refractivity contribution in [2.24, 2.45) is 5.41 Å². The van der Waals surface area contributed by atoms with Gasteiger partial charge >= 0.3 is 5.97 Å². The summed E-state index contributed by atoms with van der Waals surface area (Å²) in [5, 5.41) is 0. The lowest BCUT2D eigenvalue weighted by Gasteiger charge is -2.40. The molecule has 1 aliphatic rings. The number of ether oxygens (including phenoxy) is 1. The smallest absolute Gasteiger partial charge is 0.313 e. The Balaban J connectivity index is 1.55. The number of esters is 1. The van der Waals surface area contributed by atoms with Crippen LogP contribution in [0, 0.1) is 5.41 Å². The minimum Gasteiger partial charge on any atom is -0.466 e. The molecule has 4 rings (SSSR count). The highest BCUT2D eigenvalue weighted by molar-refractivity contribution is 5.78. The predicted octanol–water partition coefficient (Wildman–Crippen LogP) is 3.95. The van der Waals surface area contributed by atoms with Gasteiger partial charge in [0, 0.05) is 6.54 Å². The van der Waals surface area contributed by atoms with E-state index in [2.05, 4.69) is 22.0 Å². The molecule has 1 fully saturated rings. The van der Waals surface area contributed by atoms with Crippen LogP contribution in [0.5, 0.6) is 0 Å². The third-order valence-electron chi connectivity index (χ3n) is 5.56. The number of nitrogens with zero attached hydrogens (tertiary/aromatic N) is 2. The summed E-state index contributed by atoms with van der Waals surface area (Å²) in [6.45, 7) is 4.66. The number of imidazole rings is 1. The van der Waals surface area contributed by atoms with Crippen LogP contribution in [0.15, 0.2) is 54.6 Å². The second kappa shape index (κ2) is 8.15. The number of aromatic nitrogens is 2. The molecule has 5 heteroatoms. The molecule has 0 bridgehead atoms. The average Bonchev–Trinajstić information content (AvgIpc) is 3.11. The van der Waals surface area contributed by atoms with Crippen molar-refractivity contribution in [1.82, 2.24) is 14.9 Å². The van der Waals surface area contributed by atoms with Gasteiger partial charge in [0.05, 0.1) is 29.6 Å². The first kappa shape index (κ1) is 18.7. The largest absolute Gasteiger partial charge is 0.466 e. The Morgan fingerprint density at radius 3 is 2.75 bits per heavy atom. The maximum atomic E-state index is 13.0.